The number of halogens is 1. The van der Waals surface area contributed by atoms with E-state index in [0.29, 0.717) is 18.9 Å². The van der Waals surface area contributed by atoms with Gasteiger partial charge in [-0.3, -0.25) is 0 Å². The van der Waals surface area contributed by atoms with Gasteiger partial charge >= 0.3 is 0 Å². The average Bonchev–Trinajstić information content (AvgIpc) is 3.40. The van der Waals surface area contributed by atoms with Gasteiger partial charge in [-0.25, -0.2) is 4.39 Å². The van der Waals surface area contributed by atoms with E-state index in [4.69, 9.17) is 0 Å². The normalized spacial score (nSPS) is 16.8. The summed E-state index contributed by atoms with van der Waals surface area (Å²) in [5.41, 5.74) is 2.58. The third-order valence-corrected chi connectivity index (χ3v) is 5.57. The number of benzene rings is 2. The summed E-state index contributed by atoms with van der Waals surface area (Å²) in [5, 5.41) is 0. The molecule has 1 fully saturated rings. The molecule has 2 aromatic rings. The van der Waals surface area contributed by atoms with Gasteiger partial charge in [-0.1, -0.05) is 61.5 Å². The minimum absolute atomic E-state index is 0.560. The zero-order valence-corrected chi connectivity index (χ0v) is 15.5. The van der Waals surface area contributed by atoms with Crippen LogP contribution in [0.4, 0.5) is 4.39 Å². The van der Waals surface area contributed by atoms with E-state index in [2.05, 4.69) is 61.2 Å². The summed E-state index contributed by atoms with van der Waals surface area (Å²) >= 11 is 0. The summed E-state index contributed by atoms with van der Waals surface area (Å²) < 4.78 is 14.0. The molecule has 3 rings (SSSR count). The van der Waals surface area contributed by atoms with Crippen molar-refractivity contribution in [3.8, 4) is 0 Å². The molecule has 0 aliphatic heterocycles. The topological polar surface area (TPSA) is 3.24 Å². The fraction of sp³-hybridized carbons (Fsp3) is 0.478. The third-order valence-electron chi connectivity index (χ3n) is 5.57. The molecular weight excluding hydrogens is 309 g/mol. The molecule has 1 aliphatic carbocycles. The average molecular weight is 339 g/mol. The highest BCUT2D eigenvalue weighted by Crippen LogP contribution is 2.49. The van der Waals surface area contributed by atoms with E-state index in [1.807, 2.05) is 12.1 Å². The molecule has 1 aliphatic rings. The molecule has 0 spiro atoms. The van der Waals surface area contributed by atoms with Gasteiger partial charge in [0.2, 0.25) is 0 Å². The number of rotatable bonds is 9. The summed E-state index contributed by atoms with van der Waals surface area (Å²) in [6.45, 7) is 6.75. The van der Waals surface area contributed by atoms with Crippen molar-refractivity contribution in [2.24, 2.45) is 0 Å². The SMILES string of the molecule is CCN(CCc1ccccc1)C(C)CCc1ccc(C2(F)CC2)cc1. The van der Waals surface area contributed by atoms with Gasteiger partial charge in [0.1, 0.15) is 5.67 Å². The summed E-state index contributed by atoms with van der Waals surface area (Å²) in [6.07, 6.45) is 4.68. The van der Waals surface area contributed by atoms with Crippen molar-refractivity contribution in [3.05, 3.63) is 71.3 Å². The first-order valence-corrected chi connectivity index (χ1v) is 9.67. The van der Waals surface area contributed by atoms with Gasteiger partial charge in [-0.05, 0) is 62.3 Å². The van der Waals surface area contributed by atoms with Crippen LogP contribution in [-0.4, -0.2) is 24.0 Å². The van der Waals surface area contributed by atoms with Crippen LogP contribution >= 0.6 is 0 Å². The second-order valence-corrected chi connectivity index (χ2v) is 7.41. The molecule has 2 heteroatoms. The van der Waals surface area contributed by atoms with Crippen LogP contribution in [0, 0.1) is 0 Å². The van der Waals surface area contributed by atoms with E-state index in [0.717, 1.165) is 37.9 Å². The zero-order chi connectivity index (χ0) is 17.7. The maximum Gasteiger partial charge on any atom is 0.136 e. The molecular formula is C23H30FN. The Labute approximate surface area is 151 Å². The van der Waals surface area contributed by atoms with E-state index in [1.165, 1.54) is 11.1 Å². The molecule has 0 bridgehead atoms. The van der Waals surface area contributed by atoms with Crippen LogP contribution < -0.4 is 0 Å². The van der Waals surface area contributed by atoms with Gasteiger partial charge in [-0.15, -0.1) is 0 Å². The van der Waals surface area contributed by atoms with E-state index in [9.17, 15) is 4.39 Å². The Balaban J connectivity index is 1.47. The van der Waals surface area contributed by atoms with Crippen LogP contribution in [0.2, 0.25) is 0 Å². The second kappa shape index (κ2) is 8.14. The van der Waals surface area contributed by atoms with Crippen LogP contribution in [0.15, 0.2) is 54.6 Å². The van der Waals surface area contributed by atoms with Crippen molar-refractivity contribution in [1.82, 2.24) is 4.90 Å². The summed E-state index contributed by atoms with van der Waals surface area (Å²) in [5.74, 6) is 0. The number of hydrogen-bond acceptors (Lipinski definition) is 1. The Morgan fingerprint density at radius 3 is 2.20 bits per heavy atom. The van der Waals surface area contributed by atoms with Crippen molar-refractivity contribution >= 4 is 0 Å². The van der Waals surface area contributed by atoms with Gasteiger partial charge in [0.25, 0.3) is 0 Å². The van der Waals surface area contributed by atoms with Crippen molar-refractivity contribution in [3.63, 3.8) is 0 Å². The minimum atomic E-state index is -1.01. The van der Waals surface area contributed by atoms with Crippen LogP contribution in [0.1, 0.15) is 49.8 Å². The highest BCUT2D eigenvalue weighted by atomic mass is 19.1. The predicted molar refractivity (Wildman–Crippen MR) is 104 cm³/mol. The first kappa shape index (κ1) is 18.1. The Bertz CT molecular complexity index is 646. The van der Waals surface area contributed by atoms with Gasteiger partial charge < -0.3 is 4.90 Å². The van der Waals surface area contributed by atoms with Gasteiger partial charge in [0.05, 0.1) is 0 Å². The van der Waals surface area contributed by atoms with Crippen molar-refractivity contribution in [2.75, 3.05) is 13.1 Å². The largest absolute Gasteiger partial charge is 0.301 e. The summed E-state index contributed by atoms with van der Waals surface area (Å²) in [4.78, 5) is 2.56. The molecule has 134 valence electrons. The lowest BCUT2D eigenvalue weighted by molar-refractivity contribution is 0.212. The third kappa shape index (κ3) is 4.92. The van der Waals surface area contributed by atoms with Gasteiger partial charge in [0.15, 0.2) is 0 Å². The molecule has 25 heavy (non-hydrogen) atoms. The molecule has 1 atom stereocenters. The molecule has 1 unspecified atom stereocenters. The fourth-order valence-electron chi connectivity index (χ4n) is 3.53. The second-order valence-electron chi connectivity index (χ2n) is 7.41. The highest BCUT2D eigenvalue weighted by molar-refractivity contribution is 5.31. The first-order chi connectivity index (χ1) is 12.1. The number of aryl methyl sites for hydroxylation is 1. The van der Waals surface area contributed by atoms with E-state index >= 15 is 0 Å². The monoisotopic (exact) mass is 339 g/mol. The van der Waals surface area contributed by atoms with Gasteiger partial charge in [0, 0.05) is 12.6 Å². The lowest BCUT2D eigenvalue weighted by Gasteiger charge is -2.28. The Kier molecular flexibility index (Phi) is 5.90. The van der Waals surface area contributed by atoms with E-state index in [1.54, 1.807) is 0 Å². The minimum Gasteiger partial charge on any atom is -0.301 e. The molecule has 0 amide bonds. The van der Waals surface area contributed by atoms with Crippen LogP contribution in [0.5, 0.6) is 0 Å². The number of likely N-dealkylation sites (N-methyl/N-ethyl adjacent to an activating group) is 1. The Morgan fingerprint density at radius 2 is 1.60 bits per heavy atom. The van der Waals surface area contributed by atoms with Crippen molar-refractivity contribution < 1.29 is 4.39 Å². The maximum absolute atomic E-state index is 14.0. The molecule has 0 aromatic heterocycles. The highest BCUT2D eigenvalue weighted by Gasteiger charge is 2.44. The molecule has 0 radical (unpaired) electrons. The standard InChI is InChI=1S/C23H30FN/c1-3-25(18-15-20-7-5-4-6-8-20)19(2)9-10-21-11-13-22(14-12-21)23(24)16-17-23/h4-8,11-14,19H,3,9-10,15-18H2,1-2H3. The molecule has 2 aromatic carbocycles. The van der Waals surface area contributed by atoms with Crippen LogP contribution in [0.3, 0.4) is 0 Å². The summed E-state index contributed by atoms with van der Waals surface area (Å²) in [6, 6.07) is 19.5. The number of nitrogens with zero attached hydrogens (tertiary/aromatic N) is 1. The summed E-state index contributed by atoms with van der Waals surface area (Å²) in [7, 11) is 0. The molecule has 0 N–H and O–H groups in total. The lowest BCUT2D eigenvalue weighted by Crippen LogP contribution is -2.35. The quantitative estimate of drug-likeness (QED) is 0.580. The lowest BCUT2D eigenvalue weighted by atomic mass is 10.0. The molecule has 0 saturated heterocycles. The van der Waals surface area contributed by atoms with E-state index < -0.39 is 5.67 Å². The smallest absolute Gasteiger partial charge is 0.136 e. The zero-order valence-electron chi connectivity index (χ0n) is 15.5. The van der Waals surface area contributed by atoms with E-state index in [-0.39, 0.29) is 0 Å². The van der Waals surface area contributed by atoms with Crippen LogP contribution in [-0.2, 0) is 18.5 Å². The predicted octanol–water partition coefficient (Wildman–Crippen LogP) is 5.53. The maximum atomic E-state index is 14.0. The Hall–Kier alpha value is -1.67. The molecule has 1 saturated carbocycles. The Morgan fingerprint density at radius 1 is 0.960 bits per heavy atom. The van der Waals surface area contributed by atoms with Crippen LogP contribution in [0.25, 0.3) is 0 Å². The van der Waals surface area contributed by atoms with Crippen molar-refractivity contribution in [1.29, 1.82) is 0 Å². The molecule has 0 heterocycles. The van der Waals surface area contributed by atoms with Gasteiger partial charge in [-0.2, -0.15) is 0 Å². The molecule has 1 nitrogen and oxygen atoms in total. The number of alkyl halides is 1. The van der Waals surface area contributed by atoms with Crippen molar-refractivity contribution in [2.45, 2.75) is 57.7 Å². The first-order valence-electron chi connectivity index (χ1n) is 9.67. The fourth-order valence-corrected chi connectivity index (χ4v) is 3.53. The number of hydrogen-bond donors (Lipinski definition) is 0.